The number of nitrogens with one attached hydrogen (secondary N) is 1. The molecule has 2 rings (SSSR count). The van der Waals surface area contributed by atoms with Crippen molar-refractivity contribution in [1.29, 1.82) is 0 Å². The van der Waals surface area contributed by atoms with Gasteiger partial charge in [0.2, 0.25) is 0 Å². The topological polar surface area (TPSA) is 81.2 Å². The summed E-state index contributed by atoms with van der Waals surface area (Å²) in [6, 6.07) is 13.2. The van der Waals surface area contributed by atoms with E-state index >= 15 is 0 Å². The van der Waals surface area contributed by atoms with Crippen LogP contribution in [0.15, 0.2) is 42.5 Å². The summed E-state index contributed by atoms with van der Waals surface area (Å²) in [5.41, 5.74) is 6.21. The van der Waals surface area contributed by atoms with Crippen molar-refractivity contribution in [3.05, 3.63) is 69.3 Å². The van der Waals surface area contributed by atoms with Crippen molar-refractivity contribution in [2.24, 2.45) is 5.84 Å². The number of nitrogen functional groups attached to an aromatic ring is 1. The van der Waals surface area contributed by atoms with Gasteiger partial charge in [-0.05, 0) is 23.6 Å². The molecular formula is C15H17N3O2S. The summed E-state index contributed by atoms with van der Waals surface area (Å²) in [5, 5.41) is 11.0. The number of nitrogens with two attached hydrogens (primary N) is 1. The average Bonchev–Trinajstić information content (AvgIpc) is 2.48. The van der Waals surface area contributed by atoms with Gasteiger partial charge < -0.3 is 5.43 Å². The number of para-hydroxylation sites is 1. The highest BCUT2D eigenvalue weighted by molar-refractivity contribution is 7.97. The van der Waals surface area contributed by atoms with Crippen molar-refractivity contribution in [2.45, 2.75) is 18.4 Å². The highest BCUT2D eigenvalue weighted by atomic mass is 32.2. The highest BCUT2D eigenvalue weighted by Crippen LogP contribution is 2.31. The fourth-order valence-electron chi connectivity index (χ4n) is 2.07. The zero-order chi connectivity index (χ0) is 15.2. The van der Waals surface area contributed by atoms with Crippen LogP contribution in [0.5, 0.6) is 0 Å². The summed E-state index contributed by atoms with van der Waals surface area (Å²) < 4.78 is 0. The molecule has 0 aromatic heterocycles. The molecule has 2 aromatic carbocycles. The van der Waals surface area contributed by atoms with Gasteiger partial charge >= 0.3 is 0 Å². The quantitative estimate of drug-likeness (QED) is 0.484. The third-order valence-corrected chi connectivity index (χ3v) is 4.28. The Balaban J connectivity index is 2.08. The van der Waals surface area contributed by atoms with Crippen LogP contribution in [0, 0.1) is 17.0 Å². The van der Waals surface area contributed by atoms with Gasteiger partial charge in [-0.2, -0.15) is 11.8 Å². The SMILES string of the molecule is Cc1ccccc1CSCc1cccc([N+](=O)[O-])c1NN. The van der Waals surface area contributed by atoms with E-state index in [2.05, 4.69) is 24.5 Å². The molecule has 0 aliphatic carbocycles. The molecule has 0 aliphatic rings. The van der Waals surface area contributed by atoms with E-state index in [1.807, 2.05) is 18.2 Å². The zero-order valence-electron chi connectivity index (χ0n) is 11.7. The second-order valence-electron chi connectivity index (χ2n) is 4.63. The lowest BCUT2D eigenvalue weighted by Gasteiger charge is -2.10. The van der Waals surface area contributed by atoms with Gasteiger partial charge in [-0.1, -0.05) is 36.4 Å². The van der Waals surface area contributed by atoms with Crippen LogP contribution in [0.2, 0.25) is 0 Å². The summed E-state index contributed by atoms with van der Waals surface area (Å²) in [4.78, 5) is 10.6. The van der Waals surface area contributed by atoms with Crippen molar-refractivity contribution in [3.8, 4) is 0 Å². The maximum absolute atomic E-state index is 11.0. The first-order chi connectivity index (χ1) is 10.1. The van der Waals surface area contributed by atoms with E-state index in [1.54, 1.807) is 17.8 Å². The Hall–Kier alpha value is -2.05. The van der Waals surface area contributed by atoms with E-state index in [9.17, 15) is 10.1 Å². The Morgan fingerprint density at radius 3 is 2.48 bits per heavy atom. The number of rotatable bonds is 6. The zero-order valence-corrected chi connectivity index (χ0v) is 12.5. The van der Waals surface area contributed by atoms with Crippen molar-refractivity contribution >= 4 is 23.1 Å². The Labute approximate surface area is 127 Å². The van der Waals surface area contributed by atoms with Gasteiger partial charge in [-0.15, -0.1) is 0 Å². The van der Waals surface area contributed by atoms with Crippen LogP contribution in [-0.4, -0.2) is 4.92 Å². The Kier molecular flexibility index (Phi) is 5.19. The first-order valence-electron chi connectivity index (χ1n) is 6.48. The molecule has 0 aliphatic heterocycles. The number of benzene rings is 2. The second-order valence-corrected chi connectivity index (χ2v) is 5.62. The Bertz CT molecular complexity index is 647. The van der Waals surface area contributed by atoms with Crippen LogP contribution in [0.3, 0.4) is 0 Å². The third-order valence-electron chi connectivity index (χ3n) is 3.25. The van der Waals surface area contributed by atoms with Gasteiger partial charge in [0.25, 0.3) is 5.69 Å². The summed E-state index contributed by atoms with van der Waals surface area (Å²) >= 11 is 1.71. The lowest BCUT2D eigenvalue weighted by atomic mass is 10.1. The molecule has 0 saturated carbocycles. The first kappa shape index (κ1) is 15.3. The molecule has 0 spiro atoms. The summed E-state index contributed by atoms with van der Waals surface area (Å²) in [5.74, 6) is 6.96. The molecule has 0 saturated heterocycles. The minimum absolute atomic E-state index is 0.00601. The lowest BCUT2D eigenvalue weighted by Crippen LogP contribution is -2.11. The van der Waals surface area contributed by atoms with Gasteiger partial charge in [-0.25, -0.2) is 0 Å². The molecule has 2 aromatic rings. The van der Waals surface area contributed by atoms with Gasteiger partial charge in [0.15, 0.2) is 0 Å². The van der Waals surface area contributed by atoms with Crippen LogP contribution in [0.1, 0.15) is 16.7 Å². The normalized spacial score (nSPS) is 10.4. The standard InChI is InChI=1S/C15H17N3O2S/c1-11-5-2-3-6-12(11)9-21-10-13-7-4-8-14(18(19)20)15(13)17-16/h2-8,17H,9-10,16H2,1H3. The number of anilines is 1. The first-order valence-corrected chi connectivity index (χ1v) is 7.64. The number of thioether (sulfide) groups is 1. The van der Waals surface area contributed by atoms with E-state index in [0.717, 1.165) is 11.3 Å². The average molecular weight is 303 g/mol. The van der Waals surface area contributed by atoms with E-state index in [0.29, 0.717) is 11.4 Å². The molecule has 5 nitrogen and oxygen atoms in total. The number of aryl methyl sites for hydroxylation is 1. The van der Waals surface area contributed by atoms with E-state index in [-0.39, 0.29) is 5.69 Å². The van der Waals surface area contributed by atoms with Crippen LogP contribution in [-0.2, 0) is 11.5 Å². The van der Waals surface area contributed by atoms with Crippen LogP contribution >= 0.6 is 11.8 Å². The van der Waals surface area contributed by atoms with Gasteiger partial charge in [0.1, 0.15) is 5.69 Å². The van der Waals surface area contributed by atoms with Crippen molar-refractivity contribution < 1.29 is 4.92 Å². The molecule has 0 heterocycles. The largest absolute Gasteiger partial charge is 0.318 e. The van der Waals surface area contributed by atoms with Crippen molar-refractivity contribution in [3.63, 3.8) is 0 Å². The minimum Gasteiger partial charge on any atom is -0.318 e. The number of hydrogen-bond acceptors (Lipinski definition) is 5. The minimum atomic E-state index is -0.426. The number of nitrogens with zero attached hydrogens (tertiary/aromatic N) is 1. The molecule has 0 radical (unpaired) electrons. The number of nitro groups is 1. The number of nitro benzene ring substituents is 1. The number of hydrogen-bond donors (Lipinski definition) is 2. The molecule has 110 valence electrons. The molecule has 3 N–H and O–H groups in total. The monoisotopic (exact) mass is 303 g/mol. The van der Waals surface area contributed by atoms with Gasteiger partial charge in [0, 0.05) is 17.6 Å². The highest BCUT2D eigenvalue weighted by Gasteiger charge is 2.16. The van der Waals surface area contributed by atoms with Crippen LogP contribution in [0.25, 0.3) is 0 Å². The molecule has 21 heavy (non-hydrogen) atoms. The Morgan fingerprint density at radius 1 is 1.14 bits per heavy atom. The summed E-state index contributed by atoms with van der Waals surface area (Å²) in [7, 11) is 0. The summed E-state index contributed by atoms with van der Waals surface area (Å²) in [6.45, 7) is 2.08. The fourth-order valence-corrected chi connectivity index (χ4v) is 3.17. The maximum atomic E-state index is 11.0. The lowest BCUT2D eigenvalue weighted by molar-refractivity contribution is -0.384. The molecule has 0 bridgehead atoms. The smallest absolute Gasteiger partial charge is 0.293 e. The third kappa shape index (κ3) is 3.74. The van der Waals surface area contributed by atoms with Crippen molar-refractivity contribution in [1.82, 2.24) is 0 Å². The van der Waals surface area contributed by atoms with E-state index < -0.39 is 4.92 Å². The van der Waals surface area contributed by atoms with Crippen LogP contribution < -0.4 is 11.3 Å². The fraction of sp³-hybridized carbons (Fsp3) is 0.200. The van der Waals surface area contributed by atoms with Gasteiger partial charge in [0.05, 0.1) is 4.92 Å². The predicted octanol–water partition coefficient (Wildman–Crippen LogP) is 3.62. The van der Waals surface area contributed by atoms with E-state index in [4.69, 9.17) is 5.84 Å². The molecule has 0 unspecified atom stereocenters. The van der Waals surface area contributed by atoms with Gasteiger partial charge in [-0.3, -0.25) is 16.0 Å². The van der Waals surface area contributed by atoms with Crippen LogP contribution in [0.4, 0.5) is 11.4 Å². The molecule has 6 heteroatoms. The Morgan fingerprint density at radius 2 is 1.81 bits per heavy atom. The van der Waals surface area contributed by atoms with Crippen molar-refractivity contribution in [2.75, 3.05) is 5.43 Å². The second kappa shape index (κ2) is 7.10. The predicted molar refractivity (Wildman–Crippen MR) is 87.1 cm³/mol. The number of hydrazine groups is 1. The van der Waals surface area contributed by atoms with E-state index in [1.165, 1.54) is 17.2 Å². The molecule has 0 atom stereocenters. The summed E-state index contributed by atoms with van der Waals surface area (Å²) in [6.07, 6.45) is 0. The molecule has 0 fully saturated rings. The maximum Gasteiger partial charge on any atom is 0.293 e. The molecule has 0 amide bonds. The molecular weight excluding hydrogens is 286 g/mol.